The van der Waals surface area contributed by atoms with Gasteiger partial charge in [0.05, 0.1) is 27.3 Å². The summed E-state index contributed by atoms with van der Waals surface area (Å²) in [5.74, 6) is 4.17. The van der Waals surface area contributed by atoms with Crippen LogP contribution < -0.4 is 14.8 Å². The number of hydrogen-bond donors (Lipinski definition) is 1. The quantitative estimate of drug-likeness (QED) is 0.444. The summed E-state index contributed by atoms with van der Waals surface area (Å²) in [5.41, 5.74) is 2.18. The Morgan fingerprint density at radius 3 is 2.45 bits per heavy atom. The fraction of sp³-hybridized carbons (Fsp3) is 0.348. The molecule has 2 aromatic carbocycles. The first-order chi connectivity index (χ1) is 15.0. The largest absolute Gasteiger partial charge is 0.497 e. The average Bonchev–Trinajstić information content (AvgIpc) is 3.12. The molecule has 0 bridgehead atoms. The lowest BCUT2D eigenvalue weighted by atomic mass is 10.2. The third-order valence-corrected chi connectivity index (χ3v) is 5.12. The Balaban J connectivity index is 1.78. The zero-order chi connectivity index (χ0) is 22.2. The first-order valence-electron chi connectivity index (χ1n) is 10.1. The van der Waals surface area contributed by atoms with Crippen molar-refractivity contribution in [3.05, 3.63) is 71.3 Å². The highest BCUT2D eigenvalue weighted by Crippen LogP contribution is 2.19. The molecule has 8 heteroatoms. The summed E-state index contributed by atoms with van der Waals surface area (Å²) in [4.78, 5) is 6.92. The van der Waals surface area contributed by atoms with E-state index in [1.807, 2.05) is 68.1 Å². The van der Waals surface area contributed by atoms with E-state index < -0.39 is 0 Å². The van der Waals surface area contributed by atoms with Crippen LogP contribution in [0.2, 0.25) is 0 Å². The summed E-state index contributed by atoms with van der Waals surface area (Å²) in [5, 5.41) is 11.8. The van der Waals surface area contributed by atoms with Crippen LogP contribution in [-0.2, 0) is 26.7 Å². The lowest BCUT2D eigenvalue weighted by molar-refractivity contribution is 0.395. The van der Waals surface area contributed by atoms with Gasteiger partial charge in [-0.3, -0.25) is 0 Å². The number of aryl methyl sites for hydroxylation is 1. The number of nitrogens with zero attached hydrogens (tertiary/aromatic N) is 5. The molecule has 3 aromatic rings. The van der Waals surface area contributed by atoms with E-state index in [0.29, 0.717) is 19.6 Å². The summed E-state index contributed by atoms with van der Waals surface area (Å²) in [7, 11) is 7.32. The molecule has 0 saturated heterocycles. The highest BCUT2D eigenvalue weighted by Gasteiger charge is 2.12. The van der Waals surface area contributed by atoms with E-state index in [9.17, 15) is 0 Å². The second-order valence-corrected chi connectivity index (χ2v) is 7.23. The van der Waals surface area contributed by atoms with Crippen molar-refractivity contribution in [2.24, 2.45) is 12.0 Å². The molecule has 1 N–H and O–H groups in total. The minimum atomic E-state index is 0.523. The van der Waals surface area contributed by atoms with Gasteiger partial charge in [0, 0.05) is 26.2 Å². The van der Waals surface area contributed by atoms with Crippen molar-refractivity contribution in [1.82, 2.24) is 25.0 Å². The average molecular weight is 423 g/mol. The molecule has 31 heavy (non-hydrogen) atoms. The van der Waals surface area contributed by atoms with Crippen LogP contribution in [0.1, 0.15) is 22.8 Å². The lowest BCUT2D eigenvalue weighted by Crippen LogP contribution is -2.38. The molecule has 0 aliphatic rings. The molecule has 0 saturated carbocycles. The molecule has 0 radical (unpaired) electrons. The summed E-state index contributed by atoms with van der Waals surface area (Å²) < 4.78 is 12.7. The van der Waals surface area contributed by atoms with E-state index in [4.69, 9.17) is 14.5 Å². The molecule has 0 spiro atoms. The number of para-hydroxylation sites is 1. The summed E-state index contributed by atoms with van der Waals surface area (Å²) in [6, 6.07) is 15.9. The van der Waals surface area contributed by atoms with Crippen molar-refractivity contribution >= 4 is 5.96 Å². The number of benzene rings is 2. The SMILES string of the molecule is COc1ccc(CN=C(NCc2nnc(C)n2C)N(C)Cc2ccccc2OC)cc1. The maximum Gasteiger partial charge on any atom is 0.194 e. The minimum Gasteiger partial charge on any atom is -0.497 e. The molecule has 1 heterocycles. The van der Waals surface area contributed by atoms with Crippen LogP contribution in [0, 0.1) is 6.92 Å². The first kappa shape index (κ1) is 22.1. The predicted molar refractivity (Wildman–Crippen MR) is 121 cm³/mol. The van der Waals surface area contributed by atoms with Crippen molar-refractivity contribution in [2.75, 3.05) is 21.3 Å². The van der Waals surface area contributed by atoms with Gasteiger partial charge in [-0.2, -0.15) is 0 Å². The maximum absolute atomic E-state index is 5.50. The lowest BCUT2D eigenvalue weighted by Gasteiger charge is -2.23. The molecule has 1 aromatic heterocycles. The summed E-state index contributed by atoms with van der Waals surface area (Å²) in [6.45, 7) is 3.65. The molecule has 0 aliphatic carbocycles. The molecule has 0 amide bonds. The predicted octanol–water partition coefficient (Wildman–Crippen LogP) is 2.92. The molecule has 164 valence electrons. The maximum atomic E-state index is 5.50. The number of methoxy groups -OCH3 is 2. The Morgan fingerprint density at radius 2 is 1.81 bits per heavy atom. The van der Waals surface area contributed by atoms with E-state index in [2.05, 4.69) is 26.5 Å². The van der Waals surface area contributed by atoms with Crippen LogP contribution >= 0.6 is 0 Å². The molecule has 0 unspecified atom stereocenters. The molecule has 0 fully saturated rings. The fourth-order valence-corrected chi connectivity index (χ4v) is 3.14. The Labute approximate surface area is 183 Å². The molecule has 8 nitrogen and oxygen atoms in total. The second-order valence-electron chi connectivity index (χ2n) is 7.23. The van der Waals surface area contributed by atoms with Crippen molar-refractivity contribution in [3.63, 3.8) is 0 Å². The normalized spacial score (nSPS) is 11.3. The molecule has 0 atom stereocenters. The third kappa shape index (κ3) is 5.75. The van der Waals surface area contributed by atoms with E-state index in [0.717, 1.165) is 40.2 Å². The third-order valence-electron chi connectivity index (χ3n) is 5.12. The second kappa shape index (κ2) is 10.5. The van der Waals surface area contributed by atoms with Crippen molar-refractivity contribution < 1.29 is 9.47 Å². The van der Waals surface area contributed by atoms with Crippen LogP contribution in [0.5, 0.6) is 11.5 Å². The van der Waals surface area contributed by atoms with E-state index in [-0.39, 0.29) is 0 Å². The fourth-order valence-electron chi connectivity index (χ4n) is 3.14. The van der Waals surface area contributed by atoms with E-state index in [1.165, 1.54) is 0 Å². The van der Waals surface area contributed by atoms with Crippen molar-refractivity contribution in [3.8, 4) is 11.5 Å². The Bertz CT molecular complexity index is 1010. The standard InChI is InChI=1S/C23H30N6O2/c1-17-26-27-22(29(17)3)15-25-23(24-14-18-10-12-20(30-4)13-11-18)28(2)16-19-8-6-7-9-21(19)31-5/h6-13H,14-16H2,1-5H3,(H,24,25). The van der Waals surface area contributed by atoms with E-state index in [1.54, 1.807) is 14.2 Å². The number of ether oxygens (including phenoxy) is 2. The number of hydrogen-bond acceptors (Lipinski definition) is 5. The van der Waals surface area contributed by atoms with Crippen LogP contribution in [0.4, 0.5) is 0 Å². The van der Waals surface area contributed by atoms with Crippen molar-refractivity contribution in [2.45, 2.75) is 26.6 Å². The molecule has 0 aliphatic heterocycles. The zero-order valence-electron chi connectivity index (χ0n) is 18.8. The topological polar surface area (TPSA) is 76.8 Å². The summed E-state index contributed by atoms with van der Waals surface area (Å²) in [6.07, 6.45) is 0. The van der Waals surface area contributed by atoms with Gasteiger partial charge in [0.1, 0.15) is 17.3 Å². The van der Waals surface area contributed by atoms with Gasteiger partial charge < -0.3 is 24.3 Å². The molecular formula is C23H30N6O2. The van der Waals surface area contributed by atoms with Gasteiger partial charge in [-0.1, -0.05) is 30.3 Å². The zero-order valence-corrected chi connectivity index (χ0v) is 18.8. The number of nitrogens with one attached hydrogen (secondary N) is 1. The highest BCUT2D eigenvalue weighted by molar-refractivity contribution is 5.79. The summed E-state index contributed by atoms with van der Waals surface area (Å²) >= 11 is 0. The van der Waals surface area contributed by atoms with Crippen LogP contribution in [-0.4, -0.2) is 46.9 Å². The highest BCUT2D eigenvalue weighted by atomic mass is 16.5. The van der Waals surface area contributed by atoms with Gasteiger partial charge in [-0.25, -0.2) is 4.99 Å². The number of aliphatic imine (C=N–C) groups is 1. The number of rotatable bonds is 8. The van der Waals surface area contributed by atoms with Crippen LogP contribution in [0.25, 0.3) is 0 Å². The van der Waals surface area contributed by atoms with Gasteiger partial charge in [0.25, 0.3) is 0 Å². The monoisotopic (exact) mass is 422 g/mol. The Kier molecular flexibility index (Phi) is 7.48. The minimum absolute atomic E-state index is 0.523. The van der Waals surface area contributed by atoms with Crippen molar-refractivity contribution in [1.29, 1.82) is 0 Å². The molecular weight excluding hydrogens is 392 g/mol. The first-order valence-corrected chi connectivity index (χ1v) is 10.1. The van der Waals surface area contributed by atoms with Gasteiger partial charge in [0.2, 0.25) is 0 Å². The van der Waals surface area contributed by atoms with Gasteiger partial charge in [-0.15, -0.1) is 10.2 Å². The van der Waals surface area contributed by atoms with Gasteiger partial charge in [-0.05, 0) is 30.7 Å². The Hall–Kier alpha value is -3.55. The van der Waals surface area contributed by atoms with E-state index >= 15 is 0 Å². The van der Waals surface area contributed by atoms with Gasteiger partial charge in [0.15, 0.2) is 11.8 Å². The van der Waals surface area contributed by atoms with Crippen LogP contribution in [0.3, 0.4) is 0 Å². The van der Waals surface area contributed by atoms with Crippen LogP contribution in [0.15, 0.2) is 53.5 Å². The number of aromatic nitrogens is 3. The molecule has 3 rings (SSSR count). The number of guanidine groups is 1. The Morgan fingerprint density at radius 1 is 1.06 bits per heavy atom. The van der Waals surface area contributed by atoms with Gasteiger partial charge >= 0.3 is 0 Å². The smallest absolute Gasteiger partial charge is 0.194 e.